The van der Waals surface area contributed by atoms with Gasteiger partial charge in [-0.15, -0.1) is 0 Å². The average Bonchev–Trinajstić information content (AvgIpc) is 2.49. The van der Waals surface area contributed by atoms with E-state index >= 15 is 0 Å². The fraction of sp³-hybridized carbons (Fsp3) is 0.647. The zero-order valence-corrected chi connectivity index (χ0v) is 12.2. The molecule has 19 heavy (non-hydrogen) atoms. The van der Waals surface area contributed by atoms with Gasteiger partial charge in [-0.05, 0) is 49.4 Å². The van der Waals surface area contributed by atoms with E-state index in [0.29, 0.717) is 5.92 Å². The highest BCUT2D eigenvalue weighted by atomic mass is 16.5. The molecule has 1 heterocycles. The molecular formula is C17H27NO. The predicted molar refractivity (Wildman–Crippen MR) is 80.9 cm³/mol. The van der Waals surface area contributed by atoms with Gasteiger partial charge in [0.05, 0.1) is 6.61 Å². The average molecular weight is 261 g/mol. The SMILES string of the molecule is CCCCCCOc1ccc(C2CCCNC2)cc1. The van der Waals surface area contributed by atoms with Crippen LogP contribution in [0.2, 0.25) is 0 Å². The lowest BCUT2D eigenvalue weighted by Gasteiger charge is -2.23. The van der Waals surface area contributed by atoms with Crippen molar-refractivity contribution in [3.63, 3.8) is 0 Å². The second-order valence-electron chi connectivity index (χ2n) is 5.52. The largest absolute Gasteiger partial charge is 0.494 e. The topological polar surface area (TPSA) is 21.3 Å². The lowest BCUT2D eigenvalue weighted by Crippen LogP contribution is -2.28. The van der Waals surface area contributed by atoms with Crippen molar-refractivity contribution in [1.82, 2.24) is 5.32 Å². The fourth-order valence-corrected chi connectivity index (χ4v) is 2.69. The fourth-order valence-electron chi connectivity index (χ4n) is 2.69. The molecule has 1 atom stereocenters. The van der Waals surface area contributed by atoms with Crippen molar-refractivity contribution in [2.45, 2.75) is 51.4 Å². The van der Waals surface area contributed by atoms with E-state index in [1.165, 1.54) is 50.6 Å². The molecule has 0 radical (unpaired) electrons. The molecule has 0 bridgehead atoms. The van der Waals surface area contributed by atoms with Gasteiger partial charge in [0.1, 0.15) is 5.75 Å². The minimum absolute atomic E-state index is 0.687. The van der Waals surface area contributed by atoms with Gasteiger partial charge in [-0.1, -0.05) is 38.3 Å². The summed E-state index contributed by atoms with van der Waals surface area (Å²) < 4.78 is 5.78. The molecule has 0 amide bonds. The van der Waals surface area contributed by atoms with Crippen LogP contribution >= 0.6 is 0 Å². The third-order valence-electron chi connectivity index (χ3n) is 3.92. The van der Waals surface area contributed by atoms with Crippen LogP contribution in [0, 0.1) is 0 Å². The Morgan fingerprint density at radius 2 is 2.00 bits per heavy atom. The lowest BCUT2D eigenvalue weighted by molar-refractivity contribution is 0.305. The van der Waals surface area contributed by atoms with Crippen LogP contribution in [0.4, 0.5) is 0 Å². The lowest BCUT2D eigenvalue weighted by atomic mass is 9.92. The Labute approximate surface area is 117 Å². The number of ether oxygens (including phenoxy) is 1. The number of nitrogens with one attached hydrogen (secondary N) is 1. The summed E-state index contributed by atoms with van der Waals surface area (Å²) in [7, 11) is 0. The highest BCUT2D eigenvalue weighted by Gasteiger charge is 2.14. The normalized spacial score (nSPS) is 19.3. The van der Waals surface area contributed by atoms with Crippen molar-refractivity contribution in [2.75, 3.05) is 19.7 Å². The van der Waals surface area contributed by atoms with E-state index in [0.717, 1.165) is 18.9 Å². The van der Waals surface area contributed by atoms with Crippen LogP contribution < -0.4 is 10.1 Å². The van der Waals surface area contributed by atoms with Gasteiger partial charge in [0.25, 0.3) is 0 Å². The summed E-state index contributed by atoms with van der Waals surface area (Å²) in [6, 6.07) is 8.73. The molecule has 0 aliphatic carbocycles. The molecule has 2 nitrogen and oxygen atoms in total. The van der Waals surface area contributed by atoms with E-state index in [2.05, 4.69) is 36.5 Å². The van der Waals surface area contributed by atoms with Gasteiger partial charge in [0.15, 0.2) is 0 Å². The van der Waals surface area contributed by atoms with Gasteiger partial charge in [-0.3, -0.25) is 0 Å². The molecule has 0 spiro atoms. The van der Waals surface area contributed by atoms with Gasteiger partial charge < -0.3 is 10.1 Å². The minimum atomic E-state index is 0.687. The third kappa shape index (κ3) is 4.87. The summed E-state index contributed by atoms with van der Waals surface area (Å²) in [4.78, 5) is 0. The minimum Gasteiger partial charge on any atom is -0.494 e. The van der Waals surface area contributed by atoms with E-state index in [9.17, 15) is 0 Å². The van der Waals surface area contributed by atoms with Crippen LogP contribution in [0.25, 0.3) is 0 Å². The first-order valence-electron chi connectivity index (χ1n) is 7.83. The number of rotatable bonds is 7. The molecule has 1 aromatic carbocycles. The highest BCUT2D eigenvalue weighted by molar-refractivity contribution is 5.29. The number of benzene rings is 1. The maximum Gasteiger partial charge on any atom is 0.119 e. The zero-order valence-electron chi connectivity index (χ0n) is 12.2. The Hall–Kier alpha value is -1.02. The molecule has 1 fully saturated rings. The Bertz CT molecular complexity index is 341. The van der Waals surface area contributed by atoms with Crippen molar-refractivity contribution in [3.8, 4) is 5.75 Å². The van der Waals surface area contributed by atoms with E-state index in [-0.39, 0.29) is 0 Å². The number of hydrogen-bond acceptors (Lipinski definition) is 2. The van der Waals surface area contributed by atoms with Crippen LogP contribution in [0.15, 0.2) is 24.3 Å². The van der Waals surface area contributed by atoms with Crippen LogP contribution in [0.5, 0.6) is 5.75 Å². The van der Waals surface area contributed by atoms with Crippen molar-refractivity contribution < 1.29 is 4.74 Å². The number of unbranched alkanes of at least 4 members (excludes halogenated alkanes) is 3. The Kier molecular flexibility index (Phi) is 6.22. The van der Waals surface area contributed by atoms with Gasteiger partial charge in [-0.2, -0.15) is 0 Å². The first-order valence-corrected chi connectivity index (χ1v) is 7.83. The molecule has 1 saturated heterocycles. The second kappa shape index (κ2) is 8.21. The van der Waals surface area contributed by atoms with Gasteiger partial charge >= 0.3 is 0 Å². The first kappa shape index (κ1) is 14.4. The molecule has 1 unspecified atom stereocenters. The molecule has 106 valence electrons. The first-order chi connectivity index (χ1) is 9.40. The third-order valence-corrected chi connectivity index (χ3v) is 3.92. The maximum absolute atomic E-state index is 5.78. The maximum atomic E-state index is 5.78. The molecule has 2 heteroatoms. The number of hydrogen-bond donors (Lipinski definition) is 1. The van der Waals surface area contributed by atoms with E-state index in [1.54, 1.807) is 0 Å². The molecule has 1 aliphatic rings. The Morgan fingerprint density at radius 1 is 1.16 bits per heavy atom. The summed E-state index contributed by atoms with van der Waals surface area (Å²) in [5.41, 5.74) is 1.45. The van der Waals surface area contributed by atoms with Gasteiger partial charge in [-0.25, -0.2) is 0 Å². The summed E-state index contributed by atoms with van der Waals surface area (Å²) in [6.45, 7) is 5.39. The number of piperidine rings is 1. The molecule has 1 aliphatic heterocycles. The quantitative estimate of drug-likeness (QED) is 0.746. The Morgan fingerprint density at radius 3 is 2.68 bits per heavy atom. The molecule has 0 saturated carbocycles. The second-order valence-corrected chi connectivity index (χ2v) is 5.52. The van der Waals surface area contributed by atoms with Crippen LogP contribution in [-0.2, 0) is 0 Å². The monoisotopic (exact) mass is 261 g/mol. The molecule has 2 rings (SSSR count). The molecule has 0 aromatic heterocycles. The summed E-state index contributed by atoms with van der Waals surface area (Å²) >= 11 is 0. The summed E-state index contributed by atoms with van der Waals surface area (Å²) in [5.74, 6) is 1.70. The van der Waals surface area contributed by atoms with Crippen LogP contribution in [0.1, 0.15) is 56.9 Å². The van der Waals surface area contributed by atoms with Crippen LogP contribution in [0.3, 0.4) is 0 Å². The van der Waals surface area contributed by atoms with E-state index in [1.807, 2.05) is 0 Å². The summed E-state index contributed by atoms with van der Waals surface area (Å²) in [6.07, 6.45) is 7.65. The molecule has 1 aromatic rings. The van der Waals surface area contributed by atoms with Gasteiger partial charge in [0, 0.05) is 6.54 Å². The van der Waals surface area contributed by atoms with Crippen LogP contribution in [-0.4, -0.2) is 19.7 Å². The van der Waals surface area contributed by atoms with Crippen molar-refractivity contribution in [2.24, 2.45) is 0 Å². The standard InChI is InChI=1S/C17H27NO/c1-2-3-4-5-13-19-17-10-8-15(9-11-17)16-7-6-12-18-14-16/h8-11,16,18H,2-7,12-14H2,1H3. The zero-order chi connectivity index (χ0) is 13.3. The molecular weight excluding hydrogens is 234 g/mol. The van der Waals surface area contributed by atoms with E-state index < -0.39 is 0 Å². The van der Waals surface area contributed by atoms with Gasteiger partial charge in [0.2, 0.25) is 0 Å². The summed E-state index contributed by atoms with van der Waals surface area (Å²) in [5, 5.41) is 3.47. The van der Waals surface area contributed by atoms with Crippen molar-refractivity contribution >= 4 is 0 Å². The van der Waals surface area contributed by atoms with Crippen molar-refractivity contribution in [3.05, 3.63) is 29.8 Å². The van der Waals surface area contributed by atoms with Crippen molar-refractivity contribution in [1.29, 1.82) is 0 Å². The predicted octanol–water partition coefficient (Wildman–Crippen LogP) is 4.11. The van der Waals surface area contributed by atoms with E-state index in [4.69, 9.17) is 4.74 Å². The Balaban J connectivity index is 1.74. The highest BCUT2D eigenvalue weighted by Crippen LogP contribution is 2.25. The smallest absolute Gasteiger partial charge is 0.119 e. The molecule has 1 N–H and O–H groups in total.